The van der Waals surface area contributed by atoms with Crippen LogP contribution >= 0.6 is 0 Å². The van der Waals surface area contributed by atoms with Crippen molar-refractivity contribution in [2.75, 3.05) is 6.67 Å². The lowest BCUT2D eigenvalue weighted by molar-refractivity contribution is 0.0699. The summed E-state index contributed by atoms with van der Waals surface area (Å²) in [7, 11) is 0. The number of aryl methyl sites for hydroxylation is 1. The average Bonchev–Trinajstić information content (AvgIpc) is 2.80. The third-order valence-corrected chi connectivity index (χ3v) is 2.66. The van der Waals surface area contributed by atoms with Gasteiger partial charge in [0.15, 0.2) is 0 Å². The molecule has 2 aromatic rings. The second kappa shape index (κ2) is 5.67. The fraction of sp³-hybridized carbons (Fsp3) is 0.357. The monoisotopic (exact) mass is 254 g/mol. The van der Waals surface area contributed by atoms with E-state index in [1.165, 1.54) is 4.57 Å². The molecule has 0 aliphatic carbocycles. The first-order valence-electron chi connectivity index (χ1n) is 8.21. The number of unbranched alkanes of at least 4 members (excludes halogenated alkanes) is 2. The first-order valence-corrected chi connectivity index (χ1v) is 5.71. The van der Waals surface area contributed by atoms with Crippen LogP contribution in [0.4, 0.5) is 4.39 Å². The van der Waals surface area contributed by atoms with E-state index in [4.69, 9.17) is 6.85 Å². The summed E-state index contributed by atoms with van der Waals surface area (Å²) in [5, 5.41) is 9.17. The van der Waals surface area contributed by atoms with Crippen molar-refractivity contribution in [3.05, 3.63) is 35.9 Å². The number of alkyl halides is 1. The molecule has 96 valence electrons. The molecular formula is C14H16FNO2. The van der Waals surface area contributed by atoms with Gasteiger partial charge in [0.1, 0.15) is 0 Å². The molecule has 0 unspecified atom stereocenters. The maximum atomic E-state index is 12.2. The van der Waals surface area contributed by atoms with E-state index >= 15 is 0 Å². The number of aromatic nitrogens is 1. The number of para-hydroxylation sites is 1. The number of hydrogen-bond acceptors (Lipinski definition) is 1. The van der Waals surface area contributed by atoms with Gasteiger partial charge in [-0.25, -0.2) is 4.79 Å². The number of carboxylic acid groups (broad SMARTS) is 1. The molecule has 0 saturated carbocycles. The fourth-order valence-corrected chi connectivity index (χ4v) is 1.80. The highest BCUT2D eigenvalue weighted by Gasteiger charge is 2.12. The molecule has 18 heavy (non-hydrogen) atoms. The van der Waals surface area contributed by atoms with Gasteiger partial charge in [0.25, 0.3) is 0 Å². The quantitative estimate of drug-likeness (QED) is 0.802. The molecule has 0 amide bonds. The van der Waals surface area contributed by atoms with Crippen LogP contribution in [0, 0.1) is 0 Å². The van der Waals surface area contributed by atoms with Gasteiger partial charge in [-0.3, -0.25) is 4.39 Å². The van der Waals surface area contributed by atoms with E-state index in [2.05, 4.69) is 0 Å². The minimum atomic E-state index is -1.41. The van der Waals surface area contributed by atoms with E-state index in [1.54, 1.807) is 0 Å². The SMILES string of the molecule is [2H]c1c([2H])c([2H])c2c(c1[2H])c(C(=O)O)c([2H])n2CCCCCF. The molecule has 0 spiro atoms. The minimum absolute atomic E-state index is 0.0126. The molecule has 4 heteroatoms. The summed E-state index contributed by atoms with van der Waals surface area (Å²) < 4.78 is 52.8. The van der Waals surface area contributed by atoms with Crippen molar-refractivity contribution < 1.29 is 21.1 Å². The first kappa shape index (κ1) is 7.56. The van der Waals surface area contributed by atoms with Crippen LogP contribution < -0.4 is 0 Å². The molecule has 1 heterocycles. The van der Waals surface area contributed by atoms with Gasteiger partial charge in [-0.05, 0) is 25.3 Å². The number of halogens is 1. The first-order chi connectivity index (χ1) is 10.8. The molecule has 0 fully saturated rings. The third kappa shape index (κ3) is 2.53. The summed E-state index contributed by atoms with van der Waals surface area (Å²) in [6, 6.07) is -1.83. The number of rotatable bonds is 6. The molecule has 0 aliphatic heterocycles. The second-order valence-corrected chi connectivity index (χ2v) is 3.92. The molecule has 1 aromatic heterocycles. The Labute approximate surface area is 112 Å². The highest BCUT2D eigenvalue weighted by molar-refractivity contribution is 6.03. The third-order valence-electron chi connectivity index (χ3n) is 2.66. The van der Waals surface area contributed by atoms with Crippen molar-refractivity contribution in [3.8, 4) is 0 Å². The summed E-state index contributed by atoms with van der Waals surface area (Å²) in [4.78, 5) is 11.4. The molecular weight excluding hydrogens is 233 g/mol. The zero-order chi connectivity index (χ0) is 17.3. The van der Waals surface area contributed by atoms with Crippen molar-refractivity contribution in [2.24, 2.45) is 0 Å². The molecule has 0 saturated heterocycles. The maximum Gasteiger partial charge on any atom is 0.337 e. The smallest absolute Gasteiger partial charge is 0.337 e. The Bertz CT molecular complexity index is 775. The molecule has 2 rings (SSSR count). The van der Waals surface area contributed by atoms with Gasteiger partial charge in [-0.2, -0.15) is 0 Å². The van der Waals surface area contributed by atoms with Gasteiger partial charge in [0.2, 0.25) is 0 Å². The van der Waals surface area contributed by atoms with Gasteiger partial charge in [0, 0.05) is 23.6 Å². The molecule has 0 radical (unpaired) electrons. The number of carboxylic acids is 1. The van der Waals surface area contributed by atoms with E-state index < -0.39 is 36.3 Å². The van der Waals surface area contributed by atoms with Crippen LogP contribution in [0.25, 0.3) is 10.9 Å². The summed E-state index contributed by atoms with van der Waals surface area (Å²) >= 11 is 0. The summed E-state index contributed by atoms with van der Waals surface area (Å²) in [5.74, 6) is -1.41. The van der Waals surface area contributed by atoms with Crippen LogP contribution in [0.2, 0.25) is 0 Å². The largest absolute Gasteiger partial charge is 0.478 e. The van der Waals surface area contributed by atoms with E-state index in [1.807, 2.05) is 0 Å². The Morgan fingerprint density at radius 2 is 2.11 bits per heavy atom. The van der Waals surface area contributed by atoms with Gasteiger partial charge >= 0.3 is 5.97 Å². The molecule has 1 aromatic carbocycles. The van der Waals surface area contributed by atoms with Gasteiger partial charge in [-0.15, -0.1) is 0 Å². The van der Waals surface area contributed by atoms with E-state index in [0.717, 1.165) is 0 Å². The Balaban J connectivity index is 2.71. The number of benzene rings is 1. The predicted octanol–water partition coefficient (Wildman–Crippen LogP) is 3.48. The molecule has 3 nitrogen and oxygen atoms in total. The lowest BCUT2D eigenvalue weighted by Crippen LogP contribution is -1.97. The summed E-state index contributed by atoms with van der Waals surface area (Å²) in [6.45, 7) is -0.259. The van der Waals surface area contributed by atoms with Gasteiger partial charge < -0.3 is 9.67 Å². The van der Waals surface area contributed by atoms with E-state index in [-0.39, 0.29) is 29.7 Å². The number of nitrogens with zero attached hydrogens (tertiary/aromatic N) is 1. The van der Waals surface area contributed by atoms with Crippen molar-refractivity contribution in [1.29, 1.82) is 0 Å². The molecule has 0 aliphatic rings. The number of hydrogen-bond donors (Lipinski definition) is 1. The predicted molar refractivity (Wildman–Crippen MR) is 68.7 cm³/mol. The summed E-state index contributed by atoms with van der Waals surface area (Å²) in [5.41, 5.74) is -0.420. The fourth-order valence-electron chi connectivity index (χ4n) is 1.80. The Morgan fingerprint density at radius 3 is 2.83 bits per heavy atom. The molecule has 0 bridgehead atoms. The van der Waals surface area contributed by atoms with E-state index in [0.29, 0.717) is 19.3 Å². The van der Waals surface area contributed by atoms with Crippen LogP contribution in [0.5, 0.6) is 0 Å². The van der Waals surface area contributed by atoms with Crippen LogP contribution in [0.15, 0.2) is 30.3 Å². The topological polar surface area (TPSA) is 42.2 Å². The van der Waals surface area contributed by atoms with Crippen LogP contribution in [-0.2, 0) is 6.54 Å². The van der Waals surface area contributed by atoms with Crippen LogP contribution in [0.3, 0.4) is 0 Å². The van der Waals surface area contributed by atoms with Gasteiger partial charge in [0.05, 0.1) is 19.1 Å². The normalized spacial score (nSPS) is 14.8. The average molecular weight is 254 g/mol. The maximum absolute atomic E-state index is 12.2. The lowest BCUT2D eigenvalue weighted by atomic mass is 10.2. The lowest BCUT2D eigenvalue weighted by Gasteiger charge is -2.04. The van der Waals surface area contributed by atoms with Crippen molar-refractivity contribution in [3.63, 3.8) is 0 Å². The van der Waals surface area contributed by atoms with E-state index in [9.17, 15) is 14.3 Å². The molecule has 0 atom stereocenters. The number of carbonyl (C=O) groups is 1. The highest BCUT2D eigenvalue weighted by Crippen LogP contribution is 2.21. The Hall–Kier alpha value is -1.84. The van der Waals surface area contributed by atoms with Crippen molar-refractivity contribution >= 4 is 16.9 Å². The second-order valence-electron chi connectivity index (χ2n) is 3.92. The zero-order valence-electron chi connectivity index (χ0n) is 14.7. The Morgan fingerprint density at radius 1 is 1.33 bits per heavy atom. The number of aromatic carboxylic acids is 1. The van der Waals surface area contributed by atoms with Crippen LogP contribution in [-0.4, -0.2) is 22.3 Å². The van der Waals surface area contributed by atoms with Crippen molar-refractivity contribution in [1.82, 2.24) is 4.57 Å². The molecule has 1 N–H and O–H groups in total. The van der Waals surface area contributed by atoms with Crippen LogP contribution in [0.1, 0.15) is 36.5 Å². The standard InChI is InChI=1S/C14H16FNO2/c15-8-4-1-5-9-16-10-12(14(17)18)11-6-2-3-7-13(11)16/h2-3,6-7,10H,1,4-5,8-9H2,(H,17,18)/i2D,3D,6D,7D,10D. The van der Waals surface area contributed by atoms with Gasteiger partial charge in [-0.1, -0.05) is 18.1 Å². The Kier molecular flexibility index (Phi) is 2.38. The van der Waals surface area contributed by atoms with Crippen molar-refractivity contribution in [2.45, 2.75) is 25.8 Å². The zero-order valence-corrected chi connectivity index (χ0v) is 9.72. The number of fused-ring (bicyclic) bond motifs is 1. The summed E-state index contributed by atoms with van der Waals surface area (Å²) in [6.07, 6.45) is 1.03. The highest BCUT2D eigenvalue weighted by atomic mass is 19.1. The minimum Gasteiger partial charge on any atom is -0.478 e.